The van der Waals surface area contributed by atoms with E-state index < -0.39 is 12.1 Å². The molecule has 0 fully saturated rings. The largest absolute Gasteiger partial charge is 0.508 e. The lowest BCUT2D eigenvalue weighted by Crippen LogP contribution is -2.25. The van der Waals surface area contributed by atoms with E-state index in [0.29, 0.717) is 18.6 Å². The monoisotopic (exact) mass is 280 g/mol. The highest BCUT2D eigenvalue weighted by Gasteiger charge is 2.23. The topological polar surface area (TPSA) is 66.8 Å². The van der Waals surface area contributed by atoms with Crippen molar-refractivity contribution in [1.29, 1.82) is 0 Å². The Labute approximate surface area is 120 Å². The molecule has 0 aliphatic heterocycles. The first kappa shape index (κ1) is 16.5. The molecule has 1 rings (SSSR count). The van der Waals surface area contributed by atoms with Crippen LogP contribution in [0.5, 0.6) is 11.5 Å². The Balaban J connectivity index is 2.93. The number of hydrogen-bond acceptors (Lipinski definition) is 4. The van der Waals surface area contributed by atoms with E-state index in [0.717, 1.165) is 12.0 Å². The molecular formula is C16H24O4. The van der Waals surface area contributed by atoms with Gasteiger partial charge in [-0.15, -0.1) is 0 Å². The van der Waals surface area contributed by atoms with Gasteiger partial charge in [0.25, 0.3) is 0 Å². The summed E-state index contributed by atoms with van der Waals surface area (Å²) >= 11 is 0. The van der Waals surface area contributed by atoms with E-state index in [4.69, 9.17) is 4.74 Å². The molecule has 0 aliphatic carbocycles. The van der Waals surface area contributed by atoms with Gasteiger partial charge in [-0.1, -0.05) is 34.1 Å². The van der Waals surface area contributed by atoms with Gasteiger partial charge in [-0.2, -0.15) is 0 Å². The second-order valence-electron chi connectivity index (χ2n) is 5.64. The van der Waals surface area contributed by atoms with Gasteiger partial charge in [-0.3, -0.25) is 0 Å². The normalized spacial score (nSPS) is 13.1. The molecule has 1 aromatic carbocycles. The van der Waals surface area contributed by atoms with Crippen molar-refractivity contribution in [3.63, 3.8) is 0 Å². The molecule has 0 radical (unpaired) electrons. The lowest BCUT2D eigenvalue weighted by Gasteiger charge is -2.24. The van der Waals surface area contributed by atoms with Gasteiger partial charge in [-0.25, -0.2) is 4.79 Å². The van der Waals surface area contributed by atoms with Crippen LogP contribution < -0.4 is 4.74 Å². The molecule has 20 heavy (non-hydrogen) atoms. The summed E-state index contributed by atoms with van der Waals surface area (Å²) in [7, 11) is 0. The molecule has 0 aromatic heterocycles. The van der Waals surface area contributed by atoms with Crippen molar-refractivity contribution in [2.24, 2.45) is 0 Å². The predicted molar refractivity (Wildman–Crippen MR) is 78.0 cm³/mol. The van der Waals surface area contributed by atoms with Crippen LogP contribution in [0.15, 0.2) is 18.2 Å². The number of aliphatic hydroxyl groups excluding tert-OH is 1. The fourth-order valence-corrected chi connectivity index (χ4v) is 1.89. The smallest absolute Gasteiger partial charge is 0.340 e. The third-order valence-electron chi connectivity index (χ3n) is 3.63. The Kier molecular flexibility index (Phi) is 5.57. The molecule has 0 aliphatic rings. The number of aliphatic hydroxyl groups is 1. The second-order valence-corrected chi connectivity index (χ2v) is 5.64. The summed E-state index contributed by atoms with van der Waals surface area (Å²) in [5.74, 6) is -0.122. The maximum atomic E-state index is 11.7. The van der Waals surface area contributed by atoms with E-state index in [9.17, 15) is 15.0 Å². The third-order valence-corrected chi connectivity index (χ3v) is 3.63. The zero-order valence-electron chi connectivity index (χ0n) is 12.6. The molecular weight excluding hydrogens is 256 g/mol. The molecule has 0 heterocycles. The van der Waals surface area contributed by atoms with E-state index in [-0.39, 0.29) is 11.2 Å². The van der Waals surface area contributed by atoms with Crippen LogP contribution in [0.4, 0.5) is 0 Å². The zero-order chi connectivity index (χ0) is 15.3. The van der Waals surface area contributed by atoms with Gasteiger partial charge >= 0.3 is 5.97 Å². The Morgan fingerprint density at radius 3 is 2.55 bits per heavy atom. The maximum Gasteiger partial charge on any atom is 0.340 e. The molecule has 1 aromatic rings. The molecule has 0 amide bonds. The summed E-state index contributed by atoms with van der Waals surface area (Å²) in [6, 6.07) is 4.71. The molecule has 0 saturated carbocycles. The first-order valence-corrected chi connectivity index (χ1v) is 7.05. The lowest BCUT2D eigenvalue weighted by molar-refractivity contribution is -0.144. The Morgan fingerprint density at radius 2 is 2.00 bits per heavy atom. The van der Waals surface area contributed by atoms with Gasteiger partial charge in [0.05, 0.1) is 0 Å². The molecule has 112 valence electrons. The van der Waals surface area contributed by atoms with E-state index in [1.807, 2.05) is 27.7 Å². The molecule has 1 atom stereocenters. The van der Waals surface area contributed by atoms with E-state index in [1.165, 1.54) is 12.1 Å². The maximum absolute atomic E-state index is 11.7. The average molecular weight is 280 g/mol. The minimum absolute atomic E-state index is 0.186. The summed E-state index contributed by atoms with van der Waals surface area (Å²) in [5, 5.41) is 19.5. The van der Waals surface area contributed by atoms with Crippen LogP contribution >= 0.6 is 0 Å². The van der Waals surface area contributed by atoms with Crippen LogP contribution in [-0.4, -0.2) is 22.3 Å². The number of ether oxygens (including phenoxy) is 1. The summed E-state index contributed by atoms with van der Waals surface area (Å²) in [6.07, 6.45) is 0.831. The zero-order valence-corrected chi connectivity index (χ0v) is 12.6. The highest BCUT2D eigenvalue weighted by atomic mass is 16.5. The third kappa shape index (κ3) is 3.97. The van der Waals surface area contributed by atoms with Crippen LogP contribution in [0.1, 0.15) is 52.5 Å². The van der Waals surface area contributed by atoms with Crippen LogP contribution in [-0.2, 0) is 10.2 Å². The number of esters is 1. The molecule has 1 unspecified atom stereocenters. The molecule has 2 N–H and O–H groups in total. The van der Waals surface area contributed by atoms with Crippen molar-refractivity contribution in [2.45, 2.75) is 58.5 Å². The van der Waals surface area contributed by atoms with E-state index in [1.54, 1.807) is 6.07 Å². The summed E-state index contributed by atoms with van der Waals surface area (Å²) in [4.78, 5) is 11.7. The number of rotatable bonds is 6. The lowest BCUT2D eigenvalue weighted by atomic mass is 9.81. The van der Waals surface area contributed by atoms with Gasteiger partial charge in [0, 0.05) is 5.56 Å². The number of hydrogen-bond donors (Lipinski definition) is 2. The summed E-state index contributed by atoms with van der Waals surface area (Å²) < 4.78 is 5.16. The van der Waals surface area contributed by atoms with Crippen molar-refractivity contribution >= 4 is 5.97 Å². The second kappa shape index (κ2) is 6.75. The number of carbonyl (C=O) groups excluding carboxylic acids is 1. The number of phenolic OH excluding ortho intramolecular Hbond substituents is 1. The molecule has 0 spiro atoms. The van der Waals surface area contributed by atoms with Crippen LogP contribution in [0.2, 0.25) is 0 Å². The quantitative estimate of drug-likeness (QED) is 0.620. The van der Waals surface area contributed by atoms with Gasteiger partial charge < -0.3 is 14.9 Å². The highest BCUT2D eigenvalue weighted by molar-refractivity contribution is 5.77. The molecule has 0 bridgehead atoms. The molecule has 4 nitrogen and oxygen atoms in total. The fourth-order valence-electron chi connectivity index (χ4n) is 1.89. The first-order valence-electron chi connectivity index (χ1n) is 7.05. The van der Waals surface area contributed by atoms with E-state index >= 15 is 0 Å². The average Bonchev–Trinajstić information content (AvgIpc) is 2.41. The van der Waals surface area contributed by atoms with Gasteiger partial charge in [0.2, 0.25) is 0 Å². The Morgan fingerprint density at radius 1 is 1.35 bits per heavy atom. The Bertz CT molecular complexity index is 466. The van der Waals surface area contributed by atoms with Crippen molar-refractivity contribution in [2.75, 3.05) is 0 Å². The minimum atomic E-state index is -1.10. The van der Waals surface area contributed by atoms with Crippen LogP contribution in [0, 0.1) is 0 Å². The summed E-state index contributed by atoms with van der Waals surface area (Å²) in [5.41, 5.74) is 0.518. The van der Waals surface area contributed by atoms with E-state index in [2.05, 4.69) is 0 Å². The highest BCUT2D eigenvalue weighted by Crippen LogP contribution is 2.36. The fraction of sp³-hybridized carbons (Fsp3) is 0.562. The van der Waals surface area contributed by atoms with Crippen molar-refractivity contribution in [3.05, 3.63) is 23.8 Å². The number of carbonyl (C=O) groups is 1. The number of benzene rings is 1. The number of aromatic hydroxyl groups is 1. The van der Waals surface area contributed by atoms with Crippen molar-refractivity contribution < 1.29 is 19.7 Å². The summed E-state index contributed by atoms with van der Waals surface area (Å²) in [6.45, 7) is 7.95. The van der Waals surface area contributed by atoms with Crippen LogP contribution in [0.25, 0.3) is 0 Å². The molecule has 4 heteroatoms. The van der Waals surface area contributed by atoms with Crippen molar-refractivity contribution in [1.82, 2.24) is 0 Å². The predicted octanol–water partition coefficient (Wildman–Crippen LogP) is 3.15. The molecule has 0 saturated heterocycles. The van der Waals surface area contributed by atoms with Gasteiger partial charge in [0.15, 0.2) is 6.10 Å². The van der Waals surface area contributed by atoms with Gasteiger partial charge in [0.1, 0.15) is 11.5 Å². The van der Waals surface area contributed by atoms with Gasteiger partial charge in [-0.05, 0) is 36.5 Å². The number of phenols is 1. The Hall–Kier alpha value is -1.55. The first-order chi connectivity index (χ1) is 9.31. The standard InChI is InChI=1S/C16H24O4/c1-5-7-14(18)15(19)20-11-8-9-13(17)12(10-11)16(3,4)6-2/h8-10,14,17-18H,5-7H2,1-4H3. The van der Waals surface area contributed by atoms with Crippen LogP contribution in [0.3, 0.4) is 0 Å². The minimum Gasteiger partial charge on any atom is -0.508 e. The SMILES string of the molecule is CCCC(O)C(=O)Oc1ccc(O)c(C(C)(C)CC)c1. The van der Waals surface area contributed by atoms with Crippen molar-refractivity contribution in [3.8, 4) is 11.5 Å².